The average molecular weight is 263 g/mol. The Balaban J connectivity index is 1.70. The summed E-state index contributed by atoms with van der Waals surface area (Å²) in [5.74, 6) is 1.43. The van der Waals surface area contributed by atoms with Crippen LogP contribution >= 0.6 is 11.3 Å². The zero-order valence-electron chi connectivity index (χ0n) is 9.92. The van der Waals surface area contributed by atoms with Gasteiger partial charge in [-0.2, -0.15) is 0 Å². The van der Waals surface area contributed by atoms with E-state index in [1.54, 1.807) is 11.3 Å². The zero-order valence-corrected chi connectivity index (χ0v) is 10.7. The largest absolute Gasteiger partial charge is 0.490 e. The smallest absolute Gasteiger partial charge is 0.131 e. The molecule has 2 aromatic rings. The summed E-state index contributed by atoms with van der Waals surface area (Å²) >= 11 is 1.61. The minimum atomic E-state index is -0.518. The molecule has 1 aromatic carbocycles. The fraction of sp³-hybridized carbons (Fsp3) is 0.308. The Morgan fingerprint density at radius 2 is 2.44 bits per heavy atom. The predicted molar refractivity (Wildman–Crippen MR) is 68.1 cm³/mol. The molecule has 4 nitrogen and oxygen atoms in total. The lowest BCUT2D eigenvalue weighted by atomic mass is 10.1. The van der Waals surface area contributed by atoms with E-state index in [0.717, 1.165) is 22.0 Å². The molecule has 0 fully saturated rings. The van der Waals surface area contributed by atoms with E-state index in [1.165, 1.54) is 0 Å². The molecule has 0 radical (unpaired) electrons. The van der Waals surface area contributed by atoms with Crippen molar-refractivity contribution in [1.82, 2.24) is 4.98 Å². The standard InChI is InChI=1S/C13H13NO3S/c1-8-14-9(7-18-8)5-16-10-2-3-11-12(15)6-17-13(11)4-10/h2-4,7,12,15H,5-6H2,1H3. The summed E-state index contributed by atoms with van der Waals surface area (Å²) in [7, 11) is 0. The van der Waals surface area contributed by atoms with E-state index in [9.17, 15) is 5.11 Å². The highest BCUT2D eigenvalue weighted by Crippen LogP contribution is 2.35. The first kappa shape index (κ1) is 11.5. The number of benzene rings is 1. The van der Waals surface area contributed by atoms with E-state index in [0.29, 0.717) is 19.0 Å². The molecule has 5 heteroatoms. The molecule has 1 aliphatic rings. The molecule has 0 saturated heterocycles. The molecule has 1 aliphatic heterocycles. The van der Waals surface area contributed by atoms with Gasteiger partial charge in [-0.15, -0.1) is 11.3 Å². The van der Waals surface area contributed by atoms with E-state index in [1.807, 2.05) is 30.5 Å². The second kappa shape index (κ2) is 4.59. The van der Waals surface area contributed by atoms with Crippen molar-refractivity contribution < 1.29 is 14.6 Å². The number of rotatable bonds is 3. The molecular formula is C13H13NO3S. The summed E-state index contributed by atoms with van der Waals surface area (Å²) < 4.78 is 11.0. The molecule has 18 heavy (non-hydrogen) atoms. The summed E-state index contributed by atoms with van der Waals surface area (Å²) in [6.45, 7) is 2.74. The van der Waals surface area contributed by atoms with Crippen LogP contribution in [0.1, 0.15) is 22.4 Å². The van der Waals surface area contributed by atoms with Crippen molar-refractivity contribution in [2.24, 2.45) is 0 Å². The Kier molecular flexibility index (Phi) is 2.93. The Morgan fingerprint density at radius 1 is 1.56 bits per heavy atom. The number of thiazole rings is 1. The number of ether oxygens (including phenoxy) is 2. The molecule has 0 bridgehead atoms. The average Bonchev–Trinajstić information content (AvgIpc) is 2.94. The Bertz CT molecular complexity index is 567. The van der Waals surface area contributed by atoms with E-state index in [-0.39, 0.29) is 0 Å². The van der Waals surface area contributed by atoms with Crippen LogP contribution in [0.4, 0.5) is 0 Å². The van der Waals surface area contributed by atoms with Gasteiger partial charge in [0.25, 0.3) is 0 Å². The van der Waals surface area contributed by atoms with Crippen molar-refractivity contribution in [3.63, 3.8) is 0 Å². The fourth-order valence-electron chi connectivity index (χ4n) is 1.90. The monoisotopic (exact) mass is 263 g/mol. The number of aromatic nitrogens is 1. The number of fused-ring (bicyclic) bond motifs is 1. The summed E-state index contributed by atoms with van der Waals surface area (Å²) in [6.07, 6.45) is -0.518. The molecule has 0 spiro atoms. The van der Waals surface area contributed by atoms with Crippen molar-refractivity contribution >= 4 is 11.3 Å². The third-order valence-electron chi connectivity index (χ3n) is 2.79. The Labute approximate surface area is 109 Å². The number of aliphatic hydroxyl groups excluding tert-OH is 1. The van der Waals surface area contributed by atoms with E-state index < -0.39 is 6.10 Å². The van der Waals surface area contributed by atoms with Crippen LogP contribution in [0.5, 0.6) is 11.5 Å². The lowest BCUT2D eigenvalue weighted by Crippen LogP contribution is -1.97. The maximum absolute atomic E-state index is 9.61. The predicted octanol–water partition coefficient (Wildman–Crippen LogP) is 2.46. The summed E-state index contributed by atoms with van der Waals surface area (Å²) in [4.78, 5) is 4.33. The van der Waals surface area contributed by atoms with Crippen LogP contribution < -0.4 is 9.47 Å². The lowest BCUT2D eigenvalue weighted by Gasteiger charge is -2.06. The normalized spacial score (nSPS) is 17.3. The van der Waals surface area contributed by atoms with Crippen LogP contribution in [-0.2, 0) is 6.61 Å². The van der Waals surface area contributed by atoms with Gasteiger partial charge >= 0.3 is 0 Å². The van der Waals surface area contributed by atoms with Gasteiger partial charge in [0.15, 0.2) is 0 Å². The molecule has 2 heterocycles. The molecule has 1 unspecified atom stereocenters. The quantitative estimate of drug-likeness (QED) is 0.924. The fourth-order valence-corrected chi connectivity index (χ4v) is 2.49. The second-order valence-electron chi connectivity index (χ2n) is 4.17. The zero-order chi connectivity index (χ0) is 12.5. The maximum Gasteiger partial charge on any atom is 0.131 e. The van der Waals surface area contributed by atoms with Crippen LogP contribution in [0, 0.1) is 6.92 Å². The Morgan fingerprint density at radius 3 is 3.22 bits per heavy atom. The molecule has 0 amide bonds. The summed E-state index contributed by atoms with van der Waals surface area (Å²) in [5, 5.41) is 12.6. The van der Waals surface area contributed by atoms with Gasteiger partial charge in [0, 0.05) is 17.0 Å². The third-order valence-corrected chi connectivity index (χ3v) is 3.62. The van der Waals surface area contributed by atoms with Crippen molar-refractivity contribution in [1.29, 1.82) is 0 Å². The highest BCUT2D eigenvalue weighted by Gasteiger charge is 2.22. The van der Waals surface area contributed by atoms with Crippen molar-refractivity contribution in [2.75, 3.05) is 6.61 Å². The van der Waals surface area contributed by atoms with E-state index >= 15 is 0 Å². The number of aliphatic hydroxyl groups is 1. The molecule has 0 saturated carbocycles. The first-order chi connectivity index (χ1) is 8.72. The molecule has 94 valence electrons. The van der Waals surface area contributed by atoms with Gasteiger partial charge < -0.3 is 14.6 Å². The highest BCUT2D eigenvalue weighted by molar-refractivity contribution is 7.09. The molecule has 1 N–H and O–H groups in total. The van der Waals surface area contributed by atoms with Crippen LogP contribution in [0.15, 0.2) is 23.6 Å². The molecular weight excluding hydrogens is 250 g/mol. The topological polar surface area (TPSA) is 51.6 Å². The highest BCUT2D eigenvalue weighted by atomic mass is 32.1. The maximum atomic E-state index is 9.61. The van der Waals surface area contributed by atoms with Crippen molar-refractivity contribution in [3.05, 3.63) is 39.8 Å². The van der Waals surface area contributed by atoms with Gasteiger partial charge in [0.2, 0.25) is 0 Å². The molecule has 1 aromatic heterocycles. The Hall–Kier alpha value is -1.59. The first-order valence-electron chi connectivity index (χ1n) is 5.71. The SMILES string of the molecule is Cc1nc(COc2ccc3c(c2)OCC3O)cs1. The second-order valence-corrected chi connectivity index (χ2v) is 5.24. The van der Waals surface area contributed by atoms with Crippen LogP contribution in [0.25, 0.3) is 0 Å². The number of hydrogen-bond donors (Lipinski definition) is 1. The van der Waals surface area contributed by atoms with Gasteiger partial charge in [-0.25, -0.2) is 4.98 Å². The van der Waals surface area contributed by atoms with Crippen LogP contribution in [0.2, 0.25) is 0 Å². The molecule has 1 atom stereocenters. The van der Waals surface area contributed by atoms with Gasteiger partial charge in [0.1, 0.15) is 30.8 Å². The van der Waals surface area contributed by atoms with Crippen LogP contribution in [-0.4, -0.2) is 16.7 Å². The molecule has 3 rings (SSSR count). The minimum absolute atomic E-state index is 0.323. The van der Waals surface area contributed by atoms with Crippen molar-refractivity contribution in [3.8, 4) is 11.5 Å². The summed E-state index contributed by atoms with van der Waals surface area (Å²) in [5.41, 5.74) is 1.76. The summed E-state index contributed by atoms with van der Waals surface area (Å²) in [6, 6.07) is 5.50. The number of hydrogen-bond acceptors (Lipinski definition) is 5. The third kappa shape index (κ3) is 2.19. The van der Waals surface area contributed by atoms with Gasteiger partial charge in [0.05, 0.1) is 10.7 Å². The lowest BCUT2D eigenvalue weighted by molar-refractivity contribution is 0.140. The van der Waals surface area contributed by atoms with Gasteiger partial charge in [-0.3, -0.25) is 0 Å². The van der Waals surface area contributed by atoms with Gasteiger partial charge in [-0.1, -0.05) is 0 Å². The van der Waals surface area contributed by atoms with Crippen LogP contribution in [0.3, 0.4) is 0 Å². The number of aryl methyl sites for hydroxylation is 1. The van der Waals surface area contributed by atoms with E-state index in [2.05, 4.69) is 4.98 Å². The van der Waals surface area contributed by atoms with Gasteiger partial charge in [-0.05, 0) is 19.1 Å². The molecule has 0 aliphatic carbocycles. The van der Waals surface area contributed by atoms with Crippen molar-refractivity contribution in [2.45, 2.75) is 19.6 Å². The minimum Gasteiger partial charge on any atom is -0.490 e. The number of nitrogens with zero attached hydrogens (tertiary/aromatic N) is 1. The first-order valence-corrected chi connectivity index (χ1v) is 6.59. The van der Waals surface area contributed by atoms with E-state index in [4.69, 9.17) is 9.47 Å².